The van der Waals surface area contributed by atoms with Crippen LogP contribution in [0.15, 0.2) is 36.8 Å². The Morgan fingerprint density at radius 3 is 2.75 bits per heavy atom. The van der Waals surface area contributed by atoms with Crippen LogP contribution in [-0.4, -0.2) is 29.6 Å². The number of nitrogens with zero attached hydrogens (tertiary/aromatic N) is 2. The van der Waals surface area contributed by atoms with Crippen molar-refractivity contribution >= 4 is 17.5 Å². The number of nitrogen functional groups attached to an aromatic ring is 1. The van der Waals surface area contributed by atoms with Gasteiger partial charge in [0.25, 0.3) is 0 Å². The molecule has 0 spiro atoms. The Morgan fingerprint density at radius 2 is 2.05 bits per heavy atom. The van der Waals surface area contributed by atoms with Gasteiger partial charge in [-0.1, -0.05) is 0 Å². The Balaban J connectivity index is 2.01. The summed E-state index contributed by atoms with van der Waals surface area (Å²) < 4.78 is 4.66. The van der Waals surface area contributed by atoms with Gasteiger partial charge in [-0.2, -0.15) is 0 Å². The second-order valence-electron chi connectivity index (χ2n) is 4.14. The summed E-state index contributed by atoms with van der Waals surface area (Å²) in [6.07, 6.45) is 5.84. The summed E-state index contributed by atoms with van der Waals surface area (Å²) in [7, 11) is 1.32. The lowest BCUT2D eigenvalue weighted by molar-refractivity contribution is 0.0602. The SMILES string of the molecule is COC(=O)c1ccnc(NCCc2ccncc2)c1N. The molecule has 0 fully saturated rings. The van der Waals surface area contributed by atoms with Crippen LogP contribution >= 0.6 is 0 Å². The molecule has 0 saturated carbocycles. The zero-order valence-corrected chi connectivity index (χ0v) is 11.2. The van der Waals surface area contributed by atoms with Gasteiger partial charge < -0.3 is 15.8 Å². The average Bonchev–Trinajstić information content (AvgIpc) is 2.49. The summed E-state index contributed by atoms with van der Waals surface area (Å²) in [5.74, 6) is 0.0176. The molecule has 104 valence electrons. The van der Waals surface area contributed by atoms with Crippen LogP contribution in [0.4, 0.5) is 11.5 Å². The number of carbonyl (C=O) groups excluding carboxylic acids is 1. The lowest BCUT2D eigenvalue weighted by atomic mass is 10.2. The molecule has 3 N–H and O–H groups in total. The first-order valence-corrected chi connectivity index (χ1v) is 6.18. The van der Waals surface area contributed by atoms with E-state index in [0.717, 1.165) is 12.0 Å². The molecule has 2 aromatic rings. The third-order valence-electron chi connectivity index (χ3n) is 2.85. The van der Waals surface area contributed by atoms with Gasteiger partial charge in [-0.05, 0) is 30.2 Å². The van der Waals surface area contributed by atoms with Gasteiger partial charge in [-0.3, -0.25) is 4.98 Å². The minimum absolute atomic E-state index is 0.300. The number of hydrogen-bond donors (Lipinski definition) is 2. The van der Waals surface area contributed by atoms with E-state index in [0.29, 0.717) is 23.6 Å². The summed E-state index contributed by atoms with van der Waals surface area (Å²) in [6.45, 7) is 0.659. The predicted octanol–water partition coefficient (Wildman–Crippen LogP) is 1.50. The van der Waals surface area contributed by atoms with E-state index in [1.54, 1.807) is 12.4 Å². The third kappa shape index (κ3) is 3.23. The molecule has 0 atom stereocenters. The summed E-state index contributed by atoms with van der Waals surface area (Å²) >= 11 is 0. The van der Waals surface area contributed by atoms with Crippen molar-refractivity contribution in [2.45, 2.75) is 6.42 Å². The molecule has 6 heteroatoms. The topological polar surface area (TPSA) is 90.1 Å². The van der Waals surface area contributed by atoms with Crippen LogP contribution in [-0.2, 0) is 11.2 Å². The second-order valence-corrected chi connectivity index (χ2v) is 4.14. The number of aromatic nitrogens is 2. The van der Waals surface area contributed by atoms with Crippen molar-refractivity contribution in [3.63, 3.8) is 0 Å². The van der Waals surface area contributed by atoms with Crippen molar-refractivity contribution in [3.8, 4) is 0 Å². The predicted molar refractivity (Wildman–Crippen MR) is 76.4 cm³/mol. The van der Waals surface area contributed by atoms with Crippen LogP contribution in [0, 0.1) is 0 Å². The number of anilines is 2. The lowest BCUT2D eigenvalue weighted by Gasteiger charge is -2.10. The molecule has 2 aromatic heterocycles. The minimum atomic E-state index is -0.470. The smallest absolute Gasteiger partial charge is 0.340 e. The Hall–Kier alpha value is -2.63. The number of ether oxygens (including phenoxy) is 1. The van der Waals surface area contributed by atoms with E-state index in [9.17, 15) is 4.79 Å². The maximum atomic E-state index is 11.5. The van der Waals surface area contributed by atoms with Gasteiger partial charge in [-0.15, -0.1) is 0 Å². The van der Waals surface area contributed by atoms with Gasteiger partial charge in [0.2, 0.25) is 0 Å². The van der Waals surface area contributed by atoms with Crippen LogP contribution in [0.3, 0.4) is 0 Å². The minimum Gasteiger partial charge on any atom is -0.465 e. The molecule has 2 heterocycles. The van der Waals surface area contributed by atoms with E-state index in [1.165, 1.54) is 19.4 Å². The molecule has 6 nitrogen and oxygen atoms in total. The first kappa shape index (κ1) is 13.8. The van der Waals surface area contributed by atoms with Gasteiger partial charge >= 0.3 is 5.97 Å². The molecule has 0 aliphatic carbocycles. The molecule has 0 aliphatic heterocycles. The van der Waals surface area contributed by atoms with Crippen LogP contribution in [0.2, 0.25) is 0 Å². The Morgan fingerprint density at radius 1 is 1.30 bits per heavy atom. The lowest BCUT2D eigenvalue weighted by Crippen LogP contribution is -2.12. The maximum absolute atomic E-state index is 11.5. The number of esters is 1. The van der Waals surface area contributed by atoms with E-state index in [2.05, 4.69) is 20.0 Å². The van der Waals surface area contributed by atoms with E-state index >= 15 is 0 Å². The number of nitrogens with two attached hydrogens (primary N) is 1. The van der Waals surface area contributed by atoms with Gasteiger partial charge in [0, 0.05) is 25.1 Å². The van der Waals surface area contributed by atoms with Crippen molar-refractivity contribution in [2.75, 3.05) is 24.7 Å². The van der Waals surface area contributed by atoms with Crippen molar-refractivity contribution in [2.24, 2.45) is 0 Å². The number of nitrogens with one attached hydrogen (secondary N) is 1. The highest BCUT2D eigenvalue weighted by molar-refractivity contribution is 5.97. The third-order valence-corrected chi connectivity index (χ3v) is 2.85. The first-order valence-electron chi connectivity index (χ1n) is 6.18. The highest BCUT2D eigenvalue weighted by Crippen LogP contribution is 2.20. The monoisotopic (exact) mass is 272 g/mol. The standard InChI is InChI=1S/C14H16N4O2/c1-20-14(19)11-5-9-18-13(12(11)15)17-8-4-10-2-6-16-7-3-10/h2-3,5-7,9H,4,8,15H2,1H3,(H,17,18). The first-order chi connectivity index (χ1) is 9.72. The Bertz CT molecular complexity index is 587. The van der Waals surface area contributed by atoms with E-state index in [1.807, 2.05) is 12.1 Å². The zero-order chi connectivity index (χ0) is 14.4. The summed E-state index contributed by atoms with van der Waals surface area (Å²) in [6, 6.07) is 5.43. The quantitative estimate of drug-likeness (QED) is 0.802. The van der Waals surface area contributed by atoms with Crippen LogP contribution < -0.4 is 11.1 Å². The zero-order valence-electron chi connectivity index (χ0n) is 11.2. The van der Waals surface area contributed by atoms with Crippen molar-refractivity contribution in [1.82, 2.24) is 9.97 Å². The molecule has 0 amide bonds. The number of methoxy groups -OCH3 is 1. The molecule has 0 radical (unpaired) electrons. The average molecular weight is 272 g/mol. The fourth-order valence-corrected chi connectivity index (χ4v) is 1.78. The maximum Gasteiger partial charge on any atom is 0.340 e. The van der Waals surface area contributed by atoms with Crippen molar-refractivity contribution in [3.05, 3.63) is 47.9 Å². The number of carbonyl (C=O) groups is 1. The molecular formula is C14H16N4O2. The normalized spacial score (nSPS) is 10.1. The van der Waals surface area contributed by atoms with E-state index < -0.39 is 5.97 Å². The molecule has 0 saturated heterocycles. The van der Waals surface area contributed by atoms with Crippen molar-refractivity contribution in [1.29, 1.82) is 0 Å². The van der Waals surface area contributed by atoms with Crippen LogP contribution in [0.5, 0.6) is 0 Å². The van der Waals surface area contributed by atoms with Gasteiger partial charge in [0.15, 0.2) is 0 Å². The highest BCUT2D eigenvalue weighted by atomic mass is 16.5. The van der Waals surface area contributed by atoms with Gasteiger partial charge in [-0.25, -0.2) is 9.78 Å². The molecular weight excluding hydrogens is 256 g/mol. The number of pyridine rings is 2. The largest absolute Gasteiger partial charge is 0.465 e. The molecule has 0 unspecified atom stereocenters. The Kier molecular flexibility index (Phi) is 4.49. The van der Waals surface area contributed by atoms with E-state index in [4.69, 9.17) is 5.73 Å². The Labute approximate surface area is 117 Å². The fraction of sp³-hybridized carbons (Fsp3) is 0.214. The van der Waals surface area contributed by atoms with Gasteiger partial charge in [0.05, 0.1) is 18.4 Å². The summed E-state index contributed by atoms with van der Waals surface area (Å²) in [5, 5.41) is 3.12. The van der Waals surface area contributed by atoms with Gasteiger partial charge in [0.1, 0.15) is 5.82 Å². The molecule has 0 aromatic carbocycles. The van der Waals surface area contributed by atoms with Crippen LogP contribution in [0.1, 0.15) is 15.9 Å². The molecule has 0 bridgehead atoms. The number of hydrogen-bond acceptors (Lipinski definition) is 6. The second kappa shape index (κ2) is 6.51. The molecule has 0 aliphatic rings. The highest BCUT2D eigenvalue weighted by Gasteiger charge is 2.13. The van der Waals surface area contributed by atoms with Crippen LogP contribution in [0.25, 0.3) is 0 Å². The van der Waals surface area contributed by atoms with Crippen molar-refractivity contribution < 1.29 is 9.53 Å². The van der Waals surface area contributed by atoms with E-state index in [-0.39, 0.29) is 0 Å². The molecule has 2 rings (SSSR count). The summed E-state index contributed by atoms with van der Waals surface area (Å²) in [4.78, 5) is 19.6. The fourth-order valence-electron chi connectivity index (χ4n) is 1.78. The number of rotatable bonds is 5. The summed E-state index contributed by atoms with van der Waals surface area (Å²) in [5.41, 5.74) is 7.68. The molecule has 20 heavy (non-hydrogen) atoms.